The van der Waals surface area contributed by atoms with Gasteiger partial charge in [0.1, 0.15) is 0 Å². The Morgan fingerprint density at radius 1 is 0.760 bits per heavy atom. The quantitative estimate of drug-likeness (QED) is 0.590. The maximum Gasteiger partial charge on any atom is 0.0961 e. The van der Waals surface area contributed by atoms with Crippen LogP contribution in [0.2, 0.25) is 0 Å². The first-order valence-electron chi connectivity index (χ1n) is 9.87. The molecule has 4 saturated carbocycles. The van der Waals surface area contributed by atoms with Crippen molar-refractivity contribution in [3.63, 3.8) is 0 Å². The molecule has 4 aliphatic rings. The standard InChI is InChI=1S/C23H24N2/c1-2-4-17(5-3-1)18-6-7-22-21(13-18)24-14-25(22)23-19-9-15-8-16(11-19)12-20(23)10-15/h1-7,13-16,19-20,23H,8-12H2. The van der Waals surface area contributed by atoms with Gasteiger partial charge in [-0.25, -0.2) is 4.98 Å². The van der Waals surface area contributed by atoms with Crippen LogP contribution in [0.5, 0.6) is 0 Å². The summed E-state index contributed by atoms with van der Waals surface area (Å²) < 4.78 is 2.54. The molecular weight excluding hydrogens is 304 g/mol. The number of imidazole rings is 1. The van der Waals surface area contributed by atoms with Crippen molar-refractivity contribution in [3.05, 3.63) is 54.9 Å². The summed E-state index contributed by atoms with van der Waals surface area (Å²) in [7, 11) is 0. The minimum absolute atomic E-state index is 0.695. The predicted molar refractivity (Wildman–Crippen MR) is 101 cm³/mol. The van der Waals surface area contributed by atoms with E-state index in [1.165, 1.54) is 48.7 Å². The first-order chi connectivity index (χ1) is 12.3. The lowest BCUT2D eigenvalue weighted by Gasteiger charge is -2.54. The van der Waals surface area contributed by atoms with E-state index in [4.69, 9.17) is 4.98 Å². The van der Waals surface area contributed by atoms with Crippen molar-refractivity contribution in [2.45, 2.75) is 38.1 Å². The second kappa shape index (κ2) is 5.20. The van der Waals surface area contributed by atoms with Crippen LogP contribution >= 0.6 is 0 Å². The molecule has 1 heterocycles. The summed E-state index contributed by atoms with van der Waals surface area (Å²) in [5.41, 5.74) is 5.02. The predicted octanol–water partition coefficient (Wildman–Crippen LogP) is 5.70. The molecule has 4 fully saturated rings. The fourth-order valence-electron chi connectivity index (χ4n) is 6.43. The fraction of sp³-hybridized carbons (Fsp3) is 0.435. The lowest BCUT2D eigenvalue weighted by molar-refractivity contribution is -0.0276. The molecule has 3 aromatic rings. The minimum atomic E-state index is 0.695. The SMILES string of the molecule is c1ccc(-c2ccc3c(c2)ncn3C2C3CC4CC(C3)CC2C4)cc1. The highest BCUT2D eigenvalue weighted by Gasteiger charge is 2.49. The van der Waals surface area contributed by atoms with Gasteiger partial charge in [-0.1, -0.05) is 36.4 Å². The third-order valence-electron chi connectivity index (χ3n) is 7.18. The van der Waals surface area contributed by atoms with E-state index in [0.29, 0.717) is 6.04 Å². The summed E-state index contributed by atoms with van der Waals surface area (Å²) in [6, 6.07) is 18.2. The van der Waals surface area contributed by atoms with E-state index >= 15 is 0 Å². The topological polar surface area (TPSA) is 17.8 Å². The van der Waals surface area contributed by atoms with Gasteiger partial charge in [0.15, 0.2) is 0 Å². The van der Waals surface area contributed by atoms with E-state index in [0.717, 1.165) is 29.2 Å². The average Bonchev–Trinajstić information content (AvgIpc) is 3.05. The molecule has 7 rings (SSSR count). The highest BCUT2D eigenvalue weighted by molar-refractivity contribution is 5.82. The molecule has 25 heavy (non-hydrogen) atoms. The zero-order chi connectivity index (χ0) is 16.4. The molecular formula is C23H24N2. The lowest BCUT2D eigenvalue weighted by atomic mass is 9.54. The van der Waals surface area contributed by atoms with Gasteiger partial charge in [0.05, 0.1) is 17.4 Å². The molecule has 0 N–H and O–H groups in total. The number of fused-ring (bicyclic) bond motifs is 1. The van der Waals surface area contributed by atoms with Crippen molar-refractivity contribution in [2.24, 2.45) is 23.7 Å². The molecule has 0 unspecified atom stereocenters. The van der Waals surface area contributed by atoms with Crippen LogP contribution in [0.4, 0.5) is 0 Å². The summed E-state index contributed by atoms with van der Waals surface area (Å²) >= 11 is 0. The number of rotatable bonds is 2. The average molecular weight is 328 g/mol. The highest BCUT2D eigenvalue weighted by atomic mass is 15.1. The van der Waals surface area contributed by atoms with Gasteiger partial charge in [-0.15, -0.1) is 0 Å². The summed E-state index contributed by atoms with van der Waals surface area (Å²) in [6.45, 7) is 0. The maximum absolute atomic E-state index is 4.80. The van der Waals surface area contributed by atoms with E-state index in [-0.39, 0.29) is 0 Å². The molecule has 2 heteroatoms. The second-order valence-corrected chi connectivity index (χ2v) is 8.64. The Morgan fingerprint density at radius 2 is 1.48 bits per heavy atom. The molecule has 0 radical (unpaired) electrons. The van der Waals surface area contributed by atoms with Gasteiger partial charge in [0, 0.05) is 6.04 Å². The number of hydrogen-bond acceptors (Lipinski definition) is 1. The van der Waals surface area contributed by atoms with Gasteiger partial charge in [0.25, 0.3) is 0 Å². The van der Waals surface area contributed by atoms with Gasteiger partial charge in [-0.2, -0.15) is 0 Å². The Hall–Kier alpha value is -2.09. The van der Waals surface area contributed by atoms with E-state index < -0.39 is 0 Å². The van der Waals surface area contributed by atoms with Gasteiger partial charge in [0.2, 0.25) is 0 Å². The molecule has 0 spiro atoms. The molecule has 0 aliphatic heterocycles. The summed E-state index contributed by atoms with van der Waals surface area (Å²) in [6.07, 6.45) is 9.48. The molecule has 126 valence electrons. The Bertz CT molecular complexity index is 896. The van der Waals surface area contributed by atoms with Gasteiger partial charge >= 0.3 is 0 Å². The normalized spacial score (nSPS) is 33.2. The van der Waals surface area contributed by atoms with Crippen LogP contribution in [0, 0.1) is 23.7 Å². The number of benzene rings is 2. The Labute approximate surface area is 148 Å². The molecule has 0 amide bonds. The summed E-state index contributed by atoms with van der Waals surface area (Å²) in [5, 5.41) is 0. The van der Waals surface area contributed by atoms with Crippen molar-refractivity contribution >= 4 is 11.0 Å². The van der Waals surface area contributed by atoms with Gasteiger partial charge in [-0.3, -0.25) is 0 Å². The number of aromatic nitrogens is 2. The van der Waals surface area contributed by atoms with Crippen LogP contribution in [0.1, 0.15) is 38.1 Å². The van der Waals surface area contributed by atoms with Crippen LogP contribution in [0.3, 0.4) is 0 Å². The van der Waals surface area contributed by atoms with E-state index in [9.17, 15) is 0 Å². The zero-order valence-corrected chi connectivity index (χ0v) is 14.5. The van der Waals surface area contributed by atoms with Crippen LogP contribution < -0.4 is 0 Å². The largest absolute Gasteiger partial charge is 0.327 e. The van der Waals surface area contributed by atoms with Gasteiger partial charge < -0.3 is 4.57 Å². The van der Waals surface area contributed by atoms with Crippen molar-refractivity contribution in [3.8, 4) is 11.1 Å². The first-order valence-corrected chi connectivity index (χ1v) is 9.87. The molecule has 0 saturated heterocycles. The Morgan fingerprint density at radius 3 is 2.20 bits per heavy atom. The third-order valence-corrected chi connectivity index (χ3v) is 7.18. The molecule has 4 aliphatic carbocycles. The van der Waals surface area contributed by atoms with E-state index in [1.54, 1.807) is 0 Å². The van der Waals surface area contributed by atoms with Crippen LogP contribution in [-0.2, 0) is 0 Å². The van der Waals surface area contributed by atoms with Crippen molar-refractivity contribution in [2.75, 3.05) is 0 Å². The highest BCUT2D eigenvalue weighted by Crippen LogP contribution is 2.58. The summed E-state index contributed by atoms with van der Waals surface area (Å²) in [5.74, 6) is 3.83. The van der Waals surface area contributed by atoms with Crippen LogP contribution in [0.15, 0.2) is 54.9 Å². The number of hydrogen-bond donors (Lipinski definition) is 0. The van der Waals surface area contributed by atoms with Crippen molar-refractivity contribution in [1.29, 1.82) is 0 Å². The van der Waals surface area contributed by atoms with Crippen LogP contribution in [0.25, 0.3) is 22.2 Å². The van der Waals surface area contributed by atoms with Crippen LogP contribution in [-0.4, -0.2) is 9.55 Å². The minimum Gasteiger partial charge on any atom is -0.327 e. The molecule has 2 nitrogen and oxygen atoms in total. The Kier molecular flexibility index (Phi) is 2.94. The lowest BCUT2D eigenvalue weighted by Crippen LogP contribution is -2.45. The molecule has 2 aromatic carbocycles. The molecule has 0 atom stereocenters. The Balaban J connectivity index is 1.41. The third kappa shape index (κ3) is 2.13. The molecule has 1 aromatic heterocycles. The summed E-state index contributed by atoms with van der Waals surface area (Å²) in [4.78, 5) is 4.80. The fourth-order valence-corrected chi connectivity index (χ4v) is 6.43. The van der Waals surface area contributed by atoms with Gasteiger partial charge in [-0.05, 0) is 79.0 Å². The van der Waals surface area contributed by atoms with Crippen molar-refractivity contribution < 1.29 is 0 Å². The zero-order valence-electron chi connectivity index (χ0n) is 14.5. The number of nitrogens with zero attached hydrogens (tertiary/aromatic N) is 2. The monoisotopic (exact) mass is 328 g/mol. The second-order valence-electron chi connectivity index (χ2n) is 8.64. The smallest absolute Gasteiger partial charge is 0.0961 e. The maximum atomic E-state index is 4.80. The molecule has 4 bridgehead atoms. The van der Waals surface area contributed by atoms with Crippen molar-refractivity contribution in [1.82, 2.24) is 9.55 Å². The van der Waals surface area contributed by atoms with E-state index in [2.05, 4.69) is 59.4 Å². The van der Waals surface area contributed by atoms with E-state index in [1.807, 2.05) is 0 Å². The first kappa shape index (κ1) is 14.1.